The Labute approximate surface area is 101 Å². The number of hydrogen-bond acceptors (Lipinski definition) is 4. The van der Waals surface area contributed by atoms with Crippen molar-refractivity contribution in [3.63, 3.8) is 0 Å². The summed E-state index contributed by atoms with van der Waals surface area (Å²) in [5, 5.41) is 2.86. The van der Waals surface area contributed by atoms with E-state index in [2.05, 4.69) is 10.3 Å². The topological polar surface area (TPSA) is 71.2 Å². The molecule has 0 saturated heterocycles. The van der Waals surface area contributed by atoms with Crippen molar-refractivity contribution in [1.82, 2.24) is 4.98 Å². The van der Waals surface area contributed by atoms with Crippen molar-refractivity contribution in [3.05, 3.63) is 18.3 Å². The molecule has 1 aromatic rings. The van der Waals surface area contributed by atoms with Crippen LogP contribution in [0.25, 0.3) is 0 Å². The van der Waals surface area contributed by atoms with Gasteiger partial charge in [-0.2, -0.15) is 0 Å². The Morgan fingerprint density at radius 2 is 2.24 bits per heavy atom. The first-order chi connectivity index (χ1) is 8.07. The predicted octanol–water partition coefficient (Wildman–Crippen LogP) is 0.825. The lowest BCUT2D eigenvalue weighted by Gasteiger charge is -2.14. The molecule has 1 heterocycles. The highest BCUT2D eigenvalue weighted by Gasteiger charge is 2.48. The monoisotopic (exact) mass is 234 g/mol. The number of pyridine rings is 1. The average Bonchev–Trinajstić information content (AvgIpc) is 3.10. The number of carbonyl (C=O) groups is 1. The summed E-state index contributed by atoms with van der Waals surface area (Å²) in [6.07, 6.45) is 3.44. The summed E-state index contributed by atoms with van der Waals surface area (Å²) in [4.78, 5) is 18.1. The zero-order valence-electron chi connectivity index (χ0n) is 10.2. The highest BCUT2D eigenvalue weighted by molar-refractivity contribution is 5.97. The number of amides is 1. The Kier molecular flexibility index (Phi) is 3.02. The summed E-state index contributed by atoms with van der Waals surface area (Å²) in [5.74, 6) is 0.877. The SMILES string of the molecule is CN(C)c1ccc(NC(=O)C2(CN)CC2)cn1. The first-order valence-electron chi connectivity index (χ1n) is 5.72. The maximum Gasteiger partial charge on any atom is 0.231 e. The van der Waals surface area contributed by atoms with Crippen molar-refractivity contribution in [1.29, 1.82) is 0 Å². The number of rotatable bonds is 4. The zero-order chi connectivity index (χ0) is 12.5. The van der Waals surface area contributed by atoms with Crippen LogP contribution in [0.3, 0.4) is 0 Å². The lowest BCUT2D eigenvalue weighted by molar-refractivity contribution is -0.120. The minimum atomic E-state index is -0.319. The molecule has 17 heavy (non-hydrogen) atoms. The van der Waals surface area contributed by atoms with Crippen molar-refractivity contribution < 1.29 is 4.79 Å². The molecule has 1 aliphatic carbocycles. The van der Waals surface area contributed by atoms with E-state index in [1.807, 2.05) is 31.1 Å². The molecule has 3 N–H and O–H groups in total. The highest BCUT2D eigenvalue weighted by Crippen LogP contribution is 2.45. The normalized spacial score (nSPS) is 16.4. The third kappa shape index (κ3) is 2.39. The van der Waals surface area contributed by atoms with Crippen molar-refractivity contribution in [3.8, 4) is 0 Å². The van der Waals surface area contributed by atoms with E-state index in [9.17, 15) is 4.79 Å². The van der Waals surface area contributed by atoms with Gasteiger partial charge in [0.15, 0.2) is 0 Å². The Bertz CT molecular complexity index is 409. The second kappa shape index (κ2) is 4.33. The van der Waals surface area contributed by atoms with Gasteiger partial charge in [-0.15, -0.1) is 0 Å². The molecule has 0 aromatic carbocycles. The molecule has 0 aliphatic heterocycles. The smallest absolute Gasteiger partial charge is 0.231 e. The van der Waals surface area contributed by atoms with Gasteiger partial charge in [-0.3, -0.25) is 4.79 Å². The number of nitrogens with zero attached hydrogens (tertiary/aromatic N) is 2. The van der Waals surface area contributed by atoms with E-state index < -0.39 is 0 Å². The van der Waals surface area contributed by atoms with E-state index >= 15 is 0 Å². The summed E-state index contributed by atoms with van der Waals surface area (Å²) < 4.78 is 0. The minimum Gasteiger partial charge on any atom is -0.363 e. The minimum absolute atomic E-state index is 0.0133. The summed E-state index contributed by atoms with van der Waals surface area (Å²) in [5.41, 5.74) is 6.01. The van der Waals surface area contributed by atoms with Crippen LogP contribution in [0.1, 0.15) is 12.8 Å². The van der Waals surface area contributed by atoms with Gasteiger partial charge in [-0.05, 0) is 25.0 Å². The Morgan fingerprint density at radius 1 is 1.53 bits per heavy atom. The van der Waals surface area contributed by atoms with Gasteiger partial charge < -0.3 is 16.0 Å². The number of aromatic nitrogens is 1. The van der Waals surface area contributed by atoms with Crippen LogP contribution in [0.15, 0.2) is 18.3 Å². The van der Waals surface area contributed by atoms with Gasteiger partial charge in [0, 0.05) is 20.6 Å². The molecule has 1 aromatic heterocycles. The fraction of sp³-hybridized carbons (Fsp3) is 0.500. The van der Waals surface area contributed by atoms with Crippen LogP contribution < -0.4 is 16.0 Å². The first-order valence-corrected chi connectivity index (χ1v) is 5.72. The second-order valence-electron chi connectivity index (χ2n) is 4.74. The third-order valence-corrected chi connectivity index (χ3v) is 3.19. The van der Waals surface area contributed by atoms with Crippen LogP contribution in [0, 0.1) is 5.41 Å². The van der Waals surface area contributed by atoms with E-state index in [-0.39, 0.29) is 11.3 Å². The van der Waals surface area contributed by atoms with Crippen LogP contribution in [0.5, 0.6) is 0 Å². The molecule has 92 valence electrons. The van der Waals surface area contributed by atoms with E-state index in [1.54, 1.807) is 6.20 Å². The van der Waals surface area contributed by atoms with Gasteiger partial charge in [0.25, 0.3) is 0 Å². The second-order valence-corrected chi connectivity index (χ2v) is 4.74. The molecule has 5 nitrogen and oxygen atoms in total. The average molecular weight is 234 g/mol. The number of hydrogen-bond donors (Lipinski definition) is 2. The highest BCUT2D eigenvalue weighted by atomic mass is 16.2. The fourth-order valence-corrected chi connectivity index (χ4v) is 1.66. The summed E-state index contributed by atoms with van der Waals surface area (Å²) >= 11 is 0. The molecule has 5 heteroatoms. The number of carbonyl (C=O) groups excluding carboxylic acids is 1. The number of nitrogens with two attached hydrogens (primary N) is 1. The first kappa shape index (κ1) is 11.9. The third-order valence-electron chi connectivity index (χ3n) is 3.19. The maximum atomic E-state index is 11.9. The summed E-state index contributed by atoms with van der Waals surface area (Å²) in [7, 11) is 3.85. The Morgan fingerprint density at radius 3 is 2.65 bits per heavy atom. The van der Waals surface area contributed by atoms with Gasteiger partial charge in [-0.1, -0.05) is 0 Å². The van der Waals surface area contributed by atoms with Crippen molar-refractivity contribution in [2.45, 2.75) is 12.8 Å². The van der Waals surface area contributed by atoms with Crippen molar-refractivity contribution >= 4 is 17.4 Å². The molecule has 0 atom stereocenters. The van der Waals surface area contributed by atoms with Gasteiger partial charge in [0.05, 0.1) is 17.3 Å². The molecule has 1 saturated carbocycles. The van der Waals surface area contributed by atoms with Crippen LogP contribution >= 0.6 is 0 Å². The Hall–Kier alpha value is -1.62. The molecule has 1 fully saturated rings. The molecule has 1 amide bonds. The number of nitrogens with one attached hydrogen (secondary N) is 1. The van der Waals surface area contributed by atoms with Crippen LogP contribution in [0.2, 0.25) is 0 Å². The summed E-state index contributed by atoms with van der Waals surface area (Å²) in [6, 6.07) is 3.73. The quantitative estimate of drug-likeness (QED) is 0.809. The molecular formula is C12H18N4O. The predicted molar refractivity (Wildman–Crippen MR) is 67.9 cm³/mol. The van der Waals surface area contributed by atoms with Crippen molar-refractivity contribution in [2.75, 3.05) is 30.9 Å². The van der Waals surface area contributed by atoms with Crippen LogP contribution in [-0.4, -0.2) is 31.5 Å². The molecule has 0 bridgehead atoms. The lowest BCUT2D eigenvalue weighted by atomic mass is 10.1. The van der Waals surface area contributed by atoms with E-state index in [4.69, 9.17) is 5.73 Å². The van der Waals surface area contributed by atoms with E-state index in [1.165, 1.54) is 0 Å². The fourth-order valence-electron chi connectivity index (χ4n) is 1.66. The number of anilines is 2. The molecule has 2 rings (SSSR count). The largest absolute Gasteiger partial charge is 0.363 e. The molecule has 0 radical (unpaired) electrons. The van der Waals surface area contributed by atoms with Gasteiger partial charge >= 0.3 is 0 Å². The van der Waals surface area contributed by atoms with Crippen LogP contribution in [-0.2, 0) is 4.79 Å². The van der Waals surface area contributed by atoms with Crippen LogP contribution in [0.4, 0.5) is 11.5 Å². The standard InChI is InChI=1S/C12H18N4O/c1-16(2)10-4-3-9(7-14-10)15-11(17)12(8-13)5-6-12/h3-4,7H,5-6,8,13H2,1-2H3,(H,15,17). The van der Waals surface area contributed by atoms with E-state index in [0.717, 1.165) is 24.3 Å². The molecular weight excluding hydrogens is 216 g/mol. The van der Waals surface area contributed by atoms with Gasteiger partial charge in [0.1, 0.15) is 5.82 Å². The summed E-state index contributed by atoms with van der Waals surface area (Å²) in [6.45, 7) is 0.419. The zero-order valence-corrected chi connectivity index (χ0v) is 10.2. The maximum absolute atomic E-state index is 11.9. The lowest BCUT2D eigenvalue weighted by Crippen LogP contribution is -2.30. The Balaban J connectivity index is 2.02. The van der Waals surface area contributed by atoms with Gasteiger partial charge in [0.2, 0.25) is 5.91 Å². The van der Waals surface area contributed by atoms with Crippen molar-refractivity contribution in [2.24, 2.45) is 11.1 Å². The van der Waals surface area contributed by atoms with E-state index in [0.29, 0.717) is 6.54 Å². The molecule has 1 aliphatic rings. The van der Waals surface area contributed by atoms with Gasteiger partial charge in [-0.25, -0.2) is 4.98 Å². The molecule has 0 spiro atoms. The molecule has 0 unspecified atom stereocenters.